The minimum absolute atomic E-state index is 0.0192. The van der Waals surface area contributed by atoms with Crippen LogP contribution in [0.3, 0.4) is 0 Å². The molecule has 4 nitrogen and oxygen atoms in total. The van der Waals surface area contributed by atoms with Crippen LogP contribution >= 0.6 is 0 Å². The second kappa shape index (κ2) is 4.20. The van der Waals surface area contributed by atoms with Crippen molar-refractivity contribution < 1.29 is 9.59 Å². The molecule has 4 heteroatoms. The SMILES string of the molecule is CC(C)C(C(N)=O)N1Cc2ccccc2C1=O. The van der Waals surface area contributed by atoms with Crippen LogP contribution in [0.1, 0.15) is 29.8 Å². The molecule has 0 aromatic heterocycles. The van der Waals surface area contributed by atoms with E-state index in [0.29, 0.717) is 12.1 Å². The summed E-state index contributed by atoms with van der Waals surface area (Å²) < 4.78 is 0. The first-order valence-electron chi connectivity index (χ1n) is 5.70. The molecule has 0 saturated carbocycles. The zero-order valence-electron chi connectivity index (χ0n) is 10.0. The van der Waals surface area contributed by atoms with E-state index in [1.807, 2.05) is 32.0 Å². The van der Waals surface area contributed by atoms with Gasteiger partial charge >= 0.3 is 0 Å². The number of amides is 2. The van der Waals surface area contributed by atoms with Crippen LogP contribution in [0.4, 0.5) is 0 Å². The Morgan fingerprint density at radius 2 is 2.00 bits per heavy atom. The van der Waals surface area contributed by atoms with Crippen molar-refractivity contribution in [1.82, 2.24) is 4.90 Å². The smallest absolute Gasteiger partial charge is 0.255 e. The molecule has 17 heavy (non-hydrogen) atoms. The number of rotatable bonds is 3. The molecule has 1 aromatic rings. The first kappa shape index (κ1) is 11.6. The topological polar surface area (TPSA) is 63.4 Å². The summed E-state index contributed by atoms with van der Waals surface area (Å²) in [6.45, 7) is 4.26. The van der Waals surface area contributed by atoms with Crippen molar-refractivity contribution in [3.63, 3.8) is 0 Å². The quantitative estimate of drug-likeness (QED) is 0.849. The molecule has 1 aliphatic rings. The molecule has 0 bridgehead atoms. The molecule has 2 amide bonds. The van der Waals surface area contributed by atoms with Gasteiger partial charge in [-0.2, -0.15) is 0 Å². The number of carbonyl (C=O) groups excluding carboxylic acids is 2. The zero-order valence-corrected chi connectivity index (χ0v) is 10.0. The van der Waals surface area contributed by atoms with Crippen LogP contribution in [-0.2, 0) is 11.3 Å². The lowest BCUT2D eigenvalue weighted by molar-refractivity contribution is -0.123. The second-order valence-corrected chi connectivity index (χ2v) is 4.68. The van der Waals surface area contributed by atoms with E-state index in [1.165, 1.54) is 0 Å². The third-order valence-corrected chi connectivity index (χ3v) is 3.11. The molecule has 0 aliphatic carbocycles. The Morgan fingerprint density at radius 3 is 2.53 bits per heavy atom. The average Bonchev–Trinajstić information content (AvgIpc) is 2.56. The normalized spacial score (nSPS) is 16.2. The van der Waals surface area contributed by atoms with Gasteiger partial charge in [-0.3, -0.25) is 9.59 Å². The molecule has 1 aliphatic heterocycles. The van der Waals surface area contributed by atoms with Crippen molar-refractivity contribution in [2.45, 2.75) is 26.4 Å². The van der Waals surface area contributed by atoms with Crippen LogP contribution in [0.25, 0.3) is 0 Å². The number of carbonyl (C=O) groups is 2. The van der Waals surface area contributed by atoms with E-state index >= 15 is 0 Å². The van der Waals surface area contributed by atoms with E-state index in [9.17, 15) is 9.59 Å². The highest BCUT2D eigenvalue weighted by molar-refractivity contribution is 6.00. The van der Waals surface area contributed by atoms with Crippen LogP contribution in [0.2, 0.25) is 0 Å². The van der Waals surface area contributed by atoms with E-state index in [-0.39, 0.29) is 11.8 Å². The van der Waals surface area contributed by atoms with Gasteiger partial charge in [-0.1, -0.05) is 32.0 Å². The van der Waals surface area contributed by atoms with Crippen molar-refractivity contribution in [3.8, 4) is 0 Å². The summed E-state index contributed by atoms with van der Waals surface area (Å²) in [7, 11) is 0. The largest absolute Gasteiger partial charge is 0.368 e. The van der Waals surface area contributed by atoms with Gasteiger partial charge in [0.2, 0.25) is 5.91 Å². The number of nitrogens with zero attached hydrogens (tertiary/aromatic N) is 1. The first-order chi connectivity index (χ1) is 8.02. The van der Waals surface area contributed by atoms with E-state index in [1.54, 1.807) is 11.0 Å². The Morgan fingerprint density at radius 1 is 1.35 bits per heavy atom. The maximum atomic E-state index is 12.2. The minimum atomic E-state index is -0.533. The van der Waals surface area contributed by atoms with Crippen molar-refractivity contribution in [1.29, 1.82) is 0 Å². The predicted octanol–water partition coefficient (Wildman–Crippen LogP) is 1.15. The monoisotopic (exact) mass is 232 g/mol. The molecule has 1 aromatic carbocycles. The lowest BCUT2D eigenvalue weighted by Crippen LogP contribution is -2.48. The molecule has 1 atom stereocenters. The van der Waals surface area contributed by atoms with Gasteiger partial charge in [0.1, 0.15) is 6.04 Å². The van der Waals surface area contributed by atoms with Gasteiger partial charge in [0.05, 0.1) is 0 Å². The van der Waals surface area contributed by atoms with E-state index in [0.717, 1.165) is 5.56 Å². The fraction of sp³-hybridized carbons (Fsp3) is 0.385. The molecule has 0 spiro atoms. The van der Waals surface area contributed by atoms with Crippen LogP contribution in [-0.4, -0.2) is 22.8 Å². The molecule has 0 fully saturated rings. The predicted molar refractivity (Wildman–Crippen MR) is 64.1 cm³/mol. The van der Waals surface area contributed by atoms with Crippen molar-refractivity contribution >= 4 is 11.8 Å². The fourth-order valence-electron chi connectivity index (χ4n) is 2.34. The van der Waals surface area contributed by atoms with Gasteiger partial charge < -0.3 is 10.6 Å². The molecule has 0 radical (unpaired) electrons. The van der Waals surface area contributed by atoms with E-state index < -0.39 is 11.9 Å². The number of fused-ring (bicyclic) bond motifs is 1. The highest BCUT2D eigenvalue weighted by Crippen LogP contribution is 2.26. The van der Waals surface area contributed by atoms with Gasteiger partial charge in [0, 0.05) is 12.1 Å². The van der Waals surface area contributed by atoms with Crippen LogP contribution in [0.5, 0.6) is 0 Å². The molecule has 0 saturated heterocycles. The van der Waals surface area contributed by atoms with Crippen molar-refractivity contribution in [2.24, 2.45) is 11.7 Å². The van der Waals surface area contributed by atoms with Crippen molar-refractivity contribution in [3.05, 3.63) is 35.4 Å². The lowest BCUT2D eigenvalue weighted by Gasteiger charge is -2.28. The van der Waals surface area contributed by atoms with Crippen LogP contribution in [0, 0.1) is 5.92 Å². The summed E-state index contributed by atoms with van der Waals surface area (Å²) in [4.78, 5) is 25.2. The Balaban J connectivity index is 2.33. The summed E-state index contributed by atoms with van der Waals surface area (Å²) in [5.74, 6) is -0.523. The number of primary amides is 1. The lowest BCUT2D eigenvalue weighted by atomic mass is 10.0. The number of hydrogen-bond acceptors (Lipinski definition) is 2. The minimum Gasteiger partial charge on any atom is -0.368 e. The molecular formula is C13H16N2O2. The maximum absolute atomic E-state index is 12.2. The molecular weight excluding hydrogens is 216 g/mol. The standard InChI is InChI=1S/C13H16N2O2/c1-8(2)11(12(14)16)15-7-9-5-3-4-6-10(9)13(15)17/h3-6,8,11H,7H2,1-2H3,(H2,14,16). The number of hydrogen-bond donors (Lipinski definition) is 1. The van der Waals surface area contributed by atoms with Crippen molar-refractivity contribution in [2.75, 3.05) is 0 Å². The number of benzene rings is 1. The molecule has 1 unspecified atom stereocenters. The van der Waals surface area contributed by atoms with Crippen LogP contribution < -0.4 is 5.73 Å². The molecule has 2 N–H and O–H groups in total. The summed E-state index contributed by atoms with van der Waals surface area (Å²) in [6.07, 6.45) is 0. The third-order valence-electron chi connectivity index (χ3n) is 3.11. The second-order valence-electron chi connectivity index (χ2n) is 4.68. The summed E-state index contributed by atoms with van der Waals surface area (Å²) >= 11 is 0. The number of nitrogens with two attached hydrogens (primary N) is 1. The molecule has 2 rings (SSSR count). The molecule has 1 heterocycles. The first-order valence-corrected chi connectivity index (χ1v) is 5.70. The highest BCUT2D eigenvalue weighted by atomic mass is 16.2. The fourth-order valence-corrected chi connectivity index (χ4v) is 2.34. The summed E-state index contributed by atoms with van der Waals surface area (Å²) in [6, 6.07) is 6.88. The van der Waals surface area contributed by atoms with Gasteiger partial charge in [-0.25, -0.2) is 0 Å². The van der Waals surface area contributed by atoms with Gasteiger partial charge in [-0.15, -0.1) is 0 Å². The zero-order chi connectivity index (χ0) is 12.6. The molecule has 90 valence electrons. The summed E-state index contributed by atoms with van der Waals surface area (Å²) in [5.41, 5.74) is 7.02. The average molecular weight is 232 g/mol. The van der Waals surface area contributed by atoms with Gasteiger partial charge in [0.15, 0.2) is 0 Å². The highest BCUT2D eigenvalue weighted by Gasteiger charge is 2.36. The Hall–Kier alpha value is -1.84. The van der Waals surface area contributed by atoms with E-state index in [2.05, 4.69) is 0 Å². The van der Waals surface area contributed by atoms with Gasteiger partial charge in [0.25, 0.3) is 5.91 Å². The Kier molecular flexibility index (Phi) is 2.88. The Labute approximate surface area is 100 Å². The Bertz CT molecular complexity index is 468. The van der Waals surface area contributed by atoms with Gasteiger partial charge in [-0.05, 0) is 17.5 Å². The third kappa shape index (κ3) is 1.90. The van der Waals surface area contributed by atoms with E-state index in [4.69, 9.17) is 5.73 Å². The maximum Gasteiger partial charge on any atom is 0.255 e. The van der Waals surface area contributed by atoms with Crippen LogP contribution in [0.15, 0.2) is 24.3 Å². The summed E-state index contributed by atoms with van der Waals surface area (Å²) in [5, 5.41) is 0.